The molecular formula is C75H116N12O19. The Hall–Kier alpha value is -9.26. The summed E-state index contributed by atoms with van der Waals surface area (Å²) in [5.74, 6) is -14.8. The molecule has 31 nitrogen and oxygen atoms in total. The third-order valence-corrected chi connectivity index (χ3v) is 19.0. The molecule has 590 valence electrons. The van der Waals surface area contributed by atoms with Gasteiger partial charge in [-0.1, -0.05) is 143 Å². The number of benzene rings is 2. The van der Waals surface area contributed by atoms with Gasteiger partial charge in [-0.05, 0) is 118 Å². The lowest BCUT2D eigenvalue weighted by Crippen LogP contribution is -2.62. The summed E-state index contributed by atoms with van der Waals surface area (Å²) in [6.45, 7) is 12.1. The maximum atomic E-state index is 14.9. The lowest BCUT2D eigenvalue weighted by Gasteiger charge is -2.32. The van der Waals surface area contributed by atoms with Gasteiger partial charge in [-0.3, -0.25) is 62.3 Å². The number of aliphatic hydroxyl groups excluding tert-OH is 1. The van der Waals surface area contributed by atoms with Crippen LogP contribution < -0.4 is 64.1 Å². The van der Waals surface area contributed by atoms with E-state index in [4.69, 9.17) is 16.2 Å². The van der Waals surface area contributed by atoms with E-state index < -0.39 is 193 Å². The normalized spacial score (nSPS) is 21.6. The molecular weight excluding hydrogens is 1370 g/mol. The van der Waals surface area contributed by atoms with Gasteiger partial charge in [-0.25, -0.2) is 4.79 Å². The molecule has 0 aliphatic carbocycles. The van der Waals surface area contributed by atoms with Crippen LogP contribution in [0.25, 0.3) is 0 Å². The van der Waals surface area contributed by atoms with Crippen LogP contribution in [-0.4, -0.2) is 188 Å². The summed E-state index contributed by atoms with van der Waals surface area (Å²) in [4.78, 5) is 196. The van der Waals surface area contributed by atoms with Gasteiger partial charge >= 0.3 is 17.9 Å². The summed E-state index contributed by atoms with van der Waals surface area (Å²) in [5.41, 5.74) is 12.1. The fourth-order valence-electron chi connectivity index (χ4n) is 12.5. The number of carbonyl (C=O) groups excluding carboxylic acids is 12. The first kappa shape index (κ1) is 89.1. The monoisotopic (exact) mass is 1490 g/mol. The first-order valence-corrected chi connectivity index (χ1v) is 37.5. The third kappa shape index (κ3) is 31.8. The Kier molecular flexibility index (Phi) is 39.2. The number of phenols is 1. The van der Waals surface area contributed by atoms with Crippen molar-refractivity contribution in [2.24, 2.45) is 29.2 Å². The minimum atomic E-state index is -1.97. The Morgan fingerprint density at radius 2 is 1.11 bits per heavy atom. The molecule has 3 aliphatic heterocycles. The van der Waals surface area contributed by atoms with Crippen molar-refractivity contribution in [3.05, 3.63) is 59.7 Å². The second-order valence-corrected chi connectivity index (χ2v) is 28.7. The average molecular weight is 1490 g/mol. The number of rotatable bonds is 37. The van der Waals surface area contributed by atoms with E-state index in [1.807, 2.05) is 0 Å². The van der Waals surface area contributed by atoms with Gasteiger partial charge in [0.25, 0.3) is 0 Å². The van der Waals surface area contributed by atoms with Crippen molar-refractivity contribution < 1.29 is 92.3 Å². The molecule has 3 heterocycles. The van der Waals surface area contributed by atoms with Gasteiger partial charge in [0.05, 0.1) is 6.10 Å². The second kappa shape index (κ2) is 46.6. The maximum Gasteiger partial charge on any atom is 0.334 e. The van der Waals surface area contributed by atoms with E-state index in [9.17, 15) is 87.5 Å². The first-order chi connectivity index (χ1) is 50.3. The summed E-state index contributed by atoms with van der Waals surface area (Å²) >= 11 is 0. The highest BCUT2D eigenvalue weighted by molar-refractivity contribution is 6.00. The highest BCUT2D eigenvalue weighted by Gasteiger charge is 2.42. The lowest BCUT2D eigenvalue weighted by atomic mass is 9.97. The molecule has 11 amide bonds. The quantitative estimate of drug-likeness (QED) is 0.0200. The number of fused-ring (bicyclic) bond motifs is 23. The molecule has 0 aromatic heterocycles. The van der Waals surface area contributed by atoms with E-state index in [-0.39, 0.29) is 81.5 Å². The van der Waals surface area contributed by atoms with Crippen molar-refractivity contribution >= 4 is 82.9 Å². The number of nitrogens with zero attached hydrogens (tertiary/aromatic N) is 1. The predicted molar refractivity (Wildman–Crippen MR) is 391 cm³/mol. The largest absolute Gasteiger partial charge is 0.508 e. The Labute approximate surface area is 620 Å². The zero-order valence-electron chi connectivity index (χ0n) is 62.5. The van der Waals surface area contributed by atoms with E-state index in [0.29, 0.717) is 24.3 Å². The van der Waals surface area contributed by atoms with Gasteiger partial charge < -0.3 is 89.4 Å². The van der Waals surface area contributed by atoms with Gasteiger partial charge in [-0.15, -0.1) is 0 Å². The predicted octanol–water partition coefficient (Wildman–Crippen LogP) is 2.99. The number of esters is 1. The standard InChI is InChI=1S/C75H116N12O19/c1-8-46(6)64-75(105)106-51-32-28-49(29-33-51)43-57(82-66(96)52(23-20-40-76)79-67(97)53(35-38-61(92)93)78-60(91)25-19-17-15-13-11-9-10-12-14-16-18-22-44(2)3)71(101)86-65(47(7)88)73(103)81-55(36-39-62(94)95)69(99)84-63(45(4)5)74(104)87-41-21-24-58(87)72(102)80-54(34-37-59(77)90)68(98)83-56(70(100)85-64)42-48-26-30-50(89)31-27-48/h26-33,44-47,52-58,63-65,88-89H,8-25,34-43,76H2,1-7H3,(H2,77,90)(H,78,91)(H,79,97)(H,80,102)(H,81,103)(H,82,96)(H,83,98)(H,84,99)(H,85,100)(H,86,101)(H,92,93)(H,94,95)/t46-,47-,52-,53-,54-,55-,56+,57+,58-,63+,64-,65+/m0/s1. The number of carbonyl (C=O) groups is 14. The van der Waals surface area contributed by atoms with Crippen LogP contribution in [0.3, 0.4) is 0 Å². The molecule has 31 heteroatoms. The molecule has 12 atom stereocenters. The highest BCUT2D eigenvalue weighted by Crippen LogP contribution is 2.24. The number of hydrogen-bond donors (Lipinski definition) is 15. The van der Waals surface area contributed by atoms with Crippen LogP contribution in [0.5, 0.6) is 11.5 Å². The van der Waals surface area contributed by atoms with Crippen molar-refractivity contribution in [3.63, 3.8) is 0 Å². The smallest absolute Gasteiger partial charge is 0.334 e. The Morgan fingerprint density at radius 1 is 0.575 bits per heavy atom. The van der Waals surface area contributed by atoms with Crippen molar-refractivity contribution in [1.29, 1.82) is 0 Å². The molecule has 5 rings (SSSR count). The molecule has 106 heavy (non-hydrogen) atoms. The Bertz CT molecular complexity index is 3240. The molecule has 1 fully saturated rings. The summed E-state index contributed by atoms with van der Waals surface area (Å²) in [6, 6.07) is -4.51. The topological polar surface area (TPSA) is 493 Å². The average Bonchev–Trinajstić information content (AvgIpc) is 1.60. The number of primary amides is 1. The minimum Gasteiger partial charge on any atom is -0.508 e. The van der Waals surface area contributed by atoms with Crippen LogP contribution in [0, 0.1) is 17.8 Å². The number of nitrogens with two attached hydrogens (primary N) is 2. The molecule has 0 unspecified atom stereocenters. The zero-order valence-corrected chi connectivity index (χ0v) is 62.5. The molecule has 1 saturated heterocycles. The van der Waals surface area contributed by atoms with Crippen molar-refractivity contribution in [2.45, 2.75) is 282 Å². The van der Waals surface area contributed by atoms with E-state index in [1.54, 1.807) is 27.7 Å². The van der Waals surface area contributed by atoms with Crippen LogP contribution >= 0.6 is 0 Å². The number of hydrogen-bond acceptors (Lipinski definition) is 18. The SMILES string of the molecule is CC[C@H](C)[C@@H]1NC(=O)[C@@H](Cc2ccc(O)cc2)NC(=O)[C@H](CCC(N)=O)NC(=O)[C@@H]2CCCN2C(=O)[C@@H](C(C)C)NC(=O)[C@H](CCC(=O)O)NC(=O)[C@@H]([C@H](C)O)NC(=O)[C@H](NC(=O)[C@H](CCCN)NC(=O)[C@H](CCC(=O)O)NC(=O)CCCCCCCCCCCCCC(C)C)Cc2ccc(cc2)OC1=O. The second-order valence-electron chi connectivity index (χ2n) is 28.7. The zero-order chi connectivity index (χ0) is 78.6. The molecule has 2 bridgehead atoms. The third-order valence-electron chi connectivity index (χ3n) is 19.0. The number of carboxylic acid groups (broad SMARTS) is 2. The number of amides is 11. The van der Waals surface area contributed by atoms with Crippen molar-refractivity contribution in [1.82, 2.24) is 52.8 Å². The highest BCUT2D eigenvalue weighted by atomic mass is 16.5. The number of aliphatic hydroxyl groups is 1. The van der Waals surface area contributed by atoms with E-state index >= 15 is 0 Å². The minimum absolute atomic E-state index is 0.00633. The van der Waals surface area contributed by atoms with Gasteiger partial charge in [0.1, 0.15) is 71.9 Å². The molecule has 0 spiro atoms. The summed E-state index contributed by atoms with van der Waals surface area (Å²) in [6.07, 6.45) is 7.79. The molecule has 17 N–H and O–H groups in total. The van der Waals surface area contributed by atoms with Gasteiger partial charge in [-0.2, -0.15) is 0 Å². The van der Waals surface area contributed by atoms with Crippen molar-refractivity contribution in [2.75, 3.05) is 13.1 Å². The Morgan fingerprint density at radius 3 is 1.68 bits per heavy atom. The summed E-state index contributed by atoms with van der Waals surface area (Å²) in [5, 5.41) is 64.0. The molecule has 2 aromatic rings. The van der Waals surface area contributed by atoms with Crippen LogP contribution in [0.2, 0.25) is 0 Å². The number of aliphatic carboxylic acids is 2. The van der Waals surface area contributed by atoms with Gasteiger partial charge in [0.15, 0.2) is 0 Å². The van der Waals surface area contributed by atoms with E-state index in [1.165, 1.54) is 87.1 Å². The molecule has 2 aromatic carbocycles. The number of phenolic OH excluding ortho intramolecular Hbond substituents is 1. The van der Waals surface area contributed by atoms with Gasteiger partial charge in [0.2, 0.25) is 65.0 Å². The number of aromatic hydroxyl groups is 1. The fraction of sp³-hybridized carbons (Fsp3) is 0.653. The van der Waals surface area contributed by atoms with E-state index in [2.05, 4.69) is 61.7 Å². The fourth-order valence-corrected chi connectivity index (χ4v) is 12.5. The molecule has 0 radical (unpaired) electrons. The van der Waals surface area contributed by atoms with Crippen LogP contribution in [0.1, 0.15) is 214 Å². The molecule has 3 aliphatic rings. The van der Waals surface area contributed by atoms with Crippen molar-refractivity contribution in [3.8, 4) is 11.5 Å². The number of unbranched alkanes of at least 4 members (excludes halogenated alkanes) is 10. The number of nitrogens with one attached hydrogen (secondary N) is 9. The molecule has 0 saturated carbocycles. The number of ether oxygens (including phenoxy) is 1. The maximum absolute atomic E-state index is 14.9. The van der Waals surface area contributed by atoms with Gasteiger partial charge in [0, 0.05) is 45.1 Å². The summed E-state index contributed by atoms with van der Waals surface area (Å²) in [7, 11) is 0. The lowest BCUT2D eigenvalue weighted by molar-refractivity contribution is -0.144. The summed E-state index contributed by atoms with van der Waals surface area (Å²) < 4.78 is 5.84. The van der Waals surface area contributed by atoms with Crippen LogP contribution in [-0.2, 0) is 80.0 Å². The number of carboxylic acids is 2. The Balaban J connectivity index is 1.76. The van der Waals surface area contributed by atoms with E-state index in [0.717, 1.165) is 43.9 Å². The van der Waals surface area contributed by atoms with Crippen LogP contribution in [0.15, 0.2) is 48.5 Å². The van der Waals surface area contributed by atoms with Crippen LogP contribution in [0.4, 0.5) is 0 Å². The first-order valence-electron chi connectivity index (χ1n) is 37.5.